The van der Waals surface area contributed by atoms with E-state index in [4.69, 9.17) is 28.5 Å². The van der Waals surface area contributed by atoms with Crippen LogP contribution in [0.25, 0.3) is 0 Å². The van der Waals surface area contributed by atoms with Crippen molar-refractivity contribution in [3.63, 3.8) is 0 Å². The molecule has 0 bridgehead atoms. The highest BCUT2D eigenvalue weighted by atomic mass is 16.7. The Morgan fingerprint density at radius 2 is 1.07 bits per heavy atom. The van der Waals surface area contributed by atoms with Crippen LogP contribution in [-0.4, -0.2) is 61.8 Å². The molecule has 2 N–H and O–H groups in total. The predicted octanol–water partition coefficient (Wildman–Crippen LogP) is 4.18. The smallest absolute Gasteiger partial charge is 0.349 e. The molecule has 0 unspecified atom stereocenters. The molecule has 0 aromatic heterocycles. The largest absolute Gasteiger partial charge is 0.419 e. The maximum Gasteiger partial charge on any atom is 0.349 e. The molecule has 0 atom stereocenters. The summed E-state index contributed by atoms with van der Waals surface area (Å²) in [7, 11) is 0. The molecule has 2 aliphatic heterocycles. The molecule has 248 valence electrons. The highest BCUT2D eigenvalue weighted by Crippen LogP contribution is 2.41. The first-order valence-corrected chi connectivity index (χ1v) is 15.4. The van der Waals surface area contributed by atoms with E-state index in [1.54, 1.807) is 6.08 Å². The van der Waals surface area contributed by atoms with Crippen molar-refractivity contribution in [2.45, 2.75) is 99.1 Å². The van der Waals surface area contributed by atoms with Crippen molar-refractivity contribution >= 4 is 23.9 Å². The normalized spacial score (nSPS) is 23.7. The zero-order chi connectivity index (χ0) is 33.2. The zero-order valence-electron chi connectivity index (χ0n) is 27.6. The van der Waals surface area contributed by atoms with Gasteiger partial charge in [-0.3, -0.25) is 10.3 Å². The minimum absolute atomic E-state index is 0.0400. The van der Waals surface area contributed by atoms with Gasteiger partial charge in [-0.1, -0.05) is 27.7 Å². The van der Waals surface area contributed by atoms with Crippen LogP contribution in [0.5, 0.6) is 0 Å². The molecule has 0 spiro atoms. The topological polar surface area (TPSA) is 148 Å². The Kier molecular flexibility index (Phi) is 9.89. The van der Waals surface area contributed by atoms with E-state index in [-0.39, 0.29) is 28.6 Å². The first kappa shape index (κ1) is 34.2. The van der Waals surface area contributed by atoms with E-state index in [2.05, 4.69) is 24.6 Å². The SMILES string of the molecule is CC1(C)CC(NCCCOCCONC2=CC(=C3C(=O)OC(C)(C)OC3=O)CC(C)(C)C2)=CC(=C2C(=O)OC(C)(C)OC2=O)C1. The summed E-state index contributed by atoms with van der Waals surface area (Å²) < 4.78 is 26.9. The predicted molar refractivity (Wildman–Crippen MR) is 161 cm³/mol. The monoisotopic (exact) mass is 630 g/mol. The molecule has 0 amide bonds. The first-order chi connectivity index (χ1) is 20.9. The minimum atomic E-state index is -1.29. The van der Waals surface area contributed by atoms with Crippen molar-refractivity contribution < 1.29 is 47.7 Å². The average Bonchev–Trinajstić information content (AvgIpc) is 2.83. The van der Waals surface area contributed by atoms with Crippen LogP contribution in [0.4, 0.5) is 0 Å². The number of nitrogens with one attached hydrogen (secondary N) is 2. The second-order valence-corrected chi connectivity index (χ2v) is 14.4. The summed E-state index contributed by atoms with van der Waals surface area (Å²) in [5.74, 6) is -5.26. The van der Waals surface area contributed by atoms with Gasteiger partial charge in [0, 0.05) is 52.2 Å². The Morgan fingerprint density at radius 1 is 0.622 bits per heavy atom. The second-order valence-electron chi connectivity index (χ2n) is 14.4. The van der Waals surface area contributed by atoms with Gasteiger partial charge in [-0.25, -0.2) is 19.2 Å². The fourth-order valence-corrected chi connectivity index (χ4v) is 5.91. The molecule has 4 aliphatic rings. The lowest BCUT2D eigenvalue weighted by Crippen LogP contribution is -2.42. The molecule has 2 saturated heterocycles. The van der Waals surface area contributed by atoms with Gasteiger partial charge in [0.1, 0.15) is 11.1 Å². The fourth-order valence-electron chi connectivity index (χ4n) is 5.91. The number of rotatable bonds is 10. The number of cyclic esters (lactones) is 4. The number of carbonyl (C=O) groups excluding carboxylic acids is 4. The Bertz CT molecular complexity index is 1220. The van der Waals surface area contributed by atoms with Gasteiger partial charge in [-0.05, 0) is 66.2 Å². The van der Waals surface area contributed by atoms with E-state index >= 15 is 0 Å². The van der Waals surface area contributed by atoms with E-state index in [0.29, 0.717) is 50.2 Å². The number of hydroxylamine groups is 1. The van der Waals surface area contributed by atoms with E-state index in [0.717, 1.165) is 24.2 Å². The molecule has 2 heterocycles. The van der Waals surface area contributed by atoms with Crippen LogP contribution < -0.4 is 10.8 Å². The summed E-state index contributed by atoms with van der Waals surface area (Å²) in [5.41, 5.74) is 5.27. The lowest BCUT2D eigenvalue weighted by molar-refractivity contribution is -0.224. The molecule has 12 nitrogen and oxygen atoms in total. The molecule has 0 radical (unpaired) electrons. The summed E-state index contributed by atoms with van der Waals surface area (Å²) in [6, 6.07) is 0. The van der Waals surface area contributed by atoms with Gasteiger partial charge in [0.2, 0.25) is 0 Å². The molecular weight excluding hydrogens is 584 g/mol. The Morgan fingerprint density at radius 3 is 1.56 bits per heavy atom. The van der Waals surface area contributed by atoms with Crippen molar-refractivity contribution in [3.8, 4) is 0 Å². The molecule has 12 heteroatoms. The molecule has 0 saturated carbocycles. The lowest BCUT2D eigenvalue weighted by Gasteiger charge is -2.35. The van der Waals surface area contributed by atoms with Gasteiger partial charge in [-0.15, -0.1) is 0 Å². The summed E-state index contributed by atoms with van der Waals surface area (Å²) in [6.45, 7) is 16.2. The lowest BCUT2D eigenvalue weighted by atomic mass is 9.76. The molecule has 45 heavy (non-hydrogen) atoms. The third-order valence-corrected chi connectivity index (χ3v) is 7.54. The van der Waals surface area contributed by atoms with Crippen molar-refractivity contribution in [2.24, 2.45) is 10.8 Å². The molecule has 4 rings (SSSR count). The first-order valence-electron chi connectivity index (χ1n) is 15.4. The molecule has 2 fully saturated rings. The number of ether oxygens (including phenoxy) is 5. The van der Waals surface area contributed by atoms with Gasteiger partial charge in [0.05, 0.1) is 13.2 Å². The molecule has 0 aromatic rings. The van der Waals surface area contributed by atoms with Gasteiger partial charge >= 0.3 is 23.9 Å². The maximum absolute atomic E-state index is 12.6. The maximum atomic E-state index is 12.6. The van der Waals surface area contributed by atoms with Gasteiger partial charge in [0.25, 0.3) is 11.6 Å². The minimum Gasteiger partial charge on any atom is -0.419 e. The Balaban J connectivity index is 1.21. The van der Waals surface area contributed by atoms with Gasteiger partial charge in [-0.2, -0.15) is 0 Å². The van der Waals surface area contributed by atoms with Crippen LogP contribution >= 0.6 is 0 Å². The van der Waals surface area contributed by atoms with Gasteiger partial charge in [0.15, 0.2) is 0 Å². The van der Waals surface area contributed by atoms with E-state index in [9.17, 15) is 19.2 Å². The van der Waals surface area contributed by atoms with Crippen LogP contribution in [-0.2, 0) is 47.7 Å². The Hall–Kier alpha value is -3.64. The number of carbonyl (C=O) groups is 4. The summed E-state index contributed by atoms with van der Waals surface area (Å²) >= 11 is 0. The number of esters is 4. The van der Waals surface area contributed by atoms with Crippen LogP contribution in [0.3, 0.4) is 0 Å². The van der Waals surface area contributed by atoms with Crippen LogP contribution in [0.15, 0.2) is 45.8 Å². The summed E-state index contributed by atoms with van der Waals surface area (Å²) in [5, 5.41) is 3.41. The highest BCUT2D eigenvalue weighted by molar-refractivity contribution is 6.17. The Labute approximate surface area is 264 Å². The highest BCUT2D eigenvalue weighted by Gasteiger charge is 2.43. The summed E-state index contributed by atoms with van der Waals surface area (Å²) in [6.07, 6.45) is 6.83. The average molecular weight is 631 g/mol. The van der Waals surface area contributed by atoms with E-state index in [1.165, 1.54) is 27.7 Å². The van der Waals surface area contributed by atoms with Crippen molar-refractivity contribution in [1.29, 1.82) is 0 Å². The summed E-state index contributed by atoms with van der Waals surface area (Å²) in [4.78, 5) is 55.9. The number of hydrogen-bond donors (Lipinski definition) is 2. The van der Waals surface area contributed by atoms with Crippen LogP contribution in [0.1, 0.15) is 87.5 Å². The number of hydrogen-bond acceptors (Lipinski definition) is 12. The van der Waals surface area contributed by atoms with E-state index in [1.807, 2.05) is 19.9 Å². The zero-order valence-corrected chi connectivity index (χ0v) is 27.6. The van der Waals surface area contributed by atoms with Crippen molar-refractivity contribution in [3.05, 3.63) is 45.8 Å². The fraction of sp³-hybridized carbons (Fsp3) is 0.636. The molecular formula is C33H46N2O10. The third-order valence-electron chi connectivity index (χ3n) is 7.54. The van der Waals surface area contributed by atoms with Crippen molar-refractivity contribution in [2.75, 3.05) is 26.4 Å². The molecule has 0 aromatic carbocycles. The standard InChI is InChI=1S/C33H46N2O10/c1-30(2)16-20(24-26(36)42-32(5,6)43-27(24)37)14-22(18-30)34-10-9-11-40-12-13-41-35-23-15-21(17-31(3,4)19-23)25-28(38)44-33(7,8)45-29(25)39/h14-15,34-35H,9-13,16-19H2,1-8H3. The van der Waals surface area contributed by atoms with Crippen LogP contribution in [0.2, 0.25) is 0 Å². The van der Waals surface area contributed by atoms with E-state index < -0.39 is 35.5 Å². The van der Waals surface area contributed by atoms with Crippen LogP contribution in [0, 0.1) is 10.8 Å². The molecule has 2 aliphatic carbocycles. The second kappa shape index (κ2) is 13.0. The quantitative estimate of drug-likeness (QED) is 0.117. The third kappa shape index (κ3) is 9.20. The van der Waals surface area contributed by atoms with Gasteiger partial charge < -0.3 is 29.0 Å². The number of allylic oxidation sites excluding steroid dienone is 6. The van der Waals surface area contributed by atoms with Crippen molar-refractivity contribution in [1.82, 2.24) is 10.8 Å².